The molecule has 11 rings (SSSR count). The zero-order chi connectivity index (χ0) is 38.4. The summed E-state index contributed by atoms with van der Waals surface area (Å²) in [4.78, 5) is 2.42. The van der Waals surface area contributed by atoms with Gasteiger partial charge in [-0.3, -0.25) is 0 Å². The van der Waals surface area contributed by atoms with E-state index in [0.29, 0.717) is 0 Å². The summed E-state index contributed by atoms with van der Waals surface area (Å²) >= 11 is 0. The highest BCUT2D eigenvalue weighted by atomic mass is 15.1. The molecule has 2 nitrogen and oxygen atoms in total. The maximum atomic E-state index is 2.44. The number of rotatable bonds is 7. The van der Waals surface area contributed by atoms with Crippen LogP contribution in [0.3, 0.4) is 0 Å². The van der Waals surface area contributed by atoms with Gasteiger partial charge in [-0.05, 0) is 98.6 Å². The van der Waals surface area contributed by atoms with E-state index in [9.17, 15) is 0 Å². The van der Waals surface area contributed by atoms with Crippen LogP contribution in [0.4, 0.5) is 17.1 Å². The Morgan fingerprint density at radius 1 is 0.293 bits per heavy atom. The molecule has 0 N–H and O–H groups in total. The molecular formula is C56H38N2. The van der Waals surface area contributed by atoms with Crippen LogP contribution in [0.2, 0.25) is 0 Å². The molecule has 0 aliphatic carbocycles. The number of nitrogens with zero attached hydrogens (tertiary/aromatic N) is 2. The Morgan fingerprint density at radius 2 is 0.862 bits per heavy atom. The second-order valence-electron chi connectivity index (χ2n) is 14.9. The van der Waals surface area contributed by atoms with Gasteiger partial charge in [-0.15, -0.1) is 0 Å². The molecule has 2 heteroatoms. The van der Waals surface area contributed by atoms with Crippen LogP contribution < -0.4 is 4.90 Å². The molecule has 58 heavy (non-hydrogen) atoms. The first kappa shape index (κ1) is 33.6. The van der Waals surface area contributed by atoms with Gasteiger partial charge in [0.15, 0.2) is 0 Å². The molecule has 0 saturated carbocycles. The van der Waals surface area contributed by atoms with Crippen LogP contribution >= 0.6 is 0 Å². The SMILES string of the molecule is c1ccc(-c2ccc(N(c3ccc(-c4ccccc4-n4c5ccccc5c5ccccc54)c(-c4ccc5ccccc5c4)c3)c3cccc4ccccc34)cc2)cc1. The normalized spacial score (nSPS) is 11.4. The third kappa shape index (κ3) is 5.74. The summed E-state index contributed by atoms with van der Waals surface area (Å²) in [5.74, 6) is 0. The lowest BCUT2D eigenvalue weighted by atomic mass is 9.91. The van der Waals surface area contributed by atoms with E-state index in [-0.39, 0.29) is 0 Å². The van der Waals surface area contributed by atoms with Gasteiger partial charge in [-0.2, -0.15) is 0 Å². The second-order valence-corrected chi connectivity index (χ2v) is 14.9. The van der Waals surface area contributed by atoms with E-state index >= 15 is 0 Å². The van der Waals surface area contributed by atoms with Crippen LogP contribution in [0.5, 0.6) is 0 Å². The van der Waals surface area contributed by atoms with Crippen molar-refractivity contribution in [2.75, 3.05) is 4.90 Å². The molecule has 1 aromatic heterocycles. The molecule has 0 aliphatic heterocycles. The molecule has 0 saturated heterocycles. The maximum Gasteiger partial charge on any atom is 0.0541 e. The fourth-order valence-electron chi connectivity index (χ4n) is 8.84. The summed E-state index contributed by atoms with van der Waals surface area (Å²) in [5.41, 5.74) is 13.9. The standard InChI is InChI=1S/C56H38N2/c1-2-15-39(16-3-1)41-31-33-45(34-32-41)57(53-28-14-20-42-18-6-7-21-47(42)53)46-35-36-48(52(38-46)44-30-29-40-17-4-5-19-43(40)37-44)49-22-8-11-25-54(49)58-55-26-12-9-23-50(55)51-24-10-13-27-56(51)58/h1-38H. The fraction of sp³-hybridized carbons (Fsp3) is 0. The topological polar surface area (TPSA) is 8.17 Å². The Labute approximate surface area is 338 Å². The Bertz CT molecular complexity index is 3220. The first-order valence-corrected chi connectivity index (χ1v) is 19.9. The van der Waals surface area contributed by atoms with Crippen LogP contribution in [-0.4, -0.2) is 4.57 Å². The molecule has 272 valence electrons. The highest BCUT2D eigenvalue weighted by molar-refractivity contribution is 6.10. The van der Waals surface area contributed by atoms with Crippen molar-refractivity contribution in [3.8, 4) is 39.1 Å². The minimum Gasteiger partial charge on any atom is -0.310 e. The zero-order valence-electron chi connectivity index (χ0n) is 31.8. The number of benzene rings is 10. The van der Waals surface area contributed by atoms with E-state index in [1.54, 1.807) is 0 Å². The smallest absolute Gasteiger partial charge is 0.0541 e. The summed E-state index contributed by atoms with van der Waals surface area (Å²) in [6.45, 7) is 0. The van der Waals surface area contributed by atoms with Crippen LogP contribution in [0.15, 0.2) is 231 Å². The first-order valence-electron chi connectivity index (χ1n) is 19.9. The molecule has 0 atom stereocenters. The fourth-order valence-corrected chi connectivity index (χ4v) is 8.84. The predicted octanol–water partition coefficient (Wildman–Crippen LogP) is 15.6. The van der Waals surface area contributed by atoms with Gasteiger partial charge in [0.25, 0.3) is 0 Å². The molecule has 0 fully saturated rings. The van der Waals surface area contributed by atoms with E-state index in [1.807, 2.05) is 0 Å². The Balaban J connectivity index is 1.16. The molecule has 0 radical (unpaired) electrons. The van der Waals surface area contributed by atoms with Gasteiger partial charge < -0.3 is 9.47 Å². The van der Waals surface area contributed by atoms with Crippen molar-refractivity contribution in [1.82, 2.24) is 4.57 Å². The van der Waals surface area contributed by atoms with Gasteiger partial charge in [0, 0.05) is 33.1 Å². The average Bonchev–Trinajstić information content (AvgIpc) is 3.64. The molecule has 0 aliphatic rings. The second kappa shape index (κ2) is 14.1. The van der Waals surface area contributed by atoms with Crippen molar-refractivity contribution in [3.63, 3.8) is 0 Å². The van der Waals surface area contributed by atoms with Crippen LogP contribution in [0.25, 0.3) is 82.4 Å². The quantitative estimate of drug-likeness (QED) is 0.158. The minimum atomic E-state index is 1.09. The van der Waals surface area contributed by atoms with Crippen molar-refractivity contribution in [2.45, 2.75) is 0 Å². The highest BCUT2D eigenvalue weighted by Crippen LogP contribution is 2.45. The van der Waals surface area contributed by atoms with E-state index in [4.69, 9.17) is 0 Å². The molecule has 0 spiro atoms. The lowest BCUT2D eigenvalue weighted by molar-refractivity contribution is 1.18. The summed E-state index contributed by atoms with van der Waals surface area (Å²) < 4.78 is 2.44. The number of hydrogen-bond acceptors (Lipinski definition) is 1. The maximum absolute atomic E-state index is 2.44. The highest BCUT2D eigenvalue weighted by Gasteiger charge is 2.21. The monoisotopic (exact) mass is 738 g/mol. The molecule has 0 unspecified atom stereocenters. The number of fused-ring (bicyclic) bond motifs is 5. The summed E-state index contributed by atoms with van der Waals surface area (Å²) in [5, 5.41) is 7.35. The first-order chi connectivity index (χ1) is 28.8. The Hall–Kier alpha value is -7.68. The van der Waals surface area contributed by atoms with Crippen LogP contribution in [0.1, 0.15) is 0 Å². The van der Waals surface area contributed by atoms with Gasteiger partial charge in [-0.1, -0.05) is 176 Å². The zero-order valence-corrected chi connectivity index (χ0v) is 31.8. The molecule has 0 bridgehead atoms. The predicted molar refractivity (Wildman–Crippen MR) is 247 cm³/mol. The van der Waals surface area contributed by atoms with Gasteiger partial charge in [0.05, 0.1) is 22.4 Å². The van der Waals surface area contributed by atoms with Gasteiger partial charge in [0.2, 0.25) is 0 Å². The largest absolute Gasteiger partial charge is 0.310 e. The van der Waals surface area contributed by atoms with Crippen molar-refractivity contribution in [2.24, 2.45) is 0 Å². The van der Waals surface area contributed by atoms with E-state index < -0.39 is 0 Å². The van der Waals surface area contributed by atoms with Crippen molar-refractivity contribution in [3.05, 3.63) is 231 Å². The van der Waals surface area contributed by atoms with Crippen LogP contribution in [-0.2, 0) is 0 Å². The molecule has 0 amide bonds. The van der Waals surface area contributed by atoms with E-state index in [2.05, 4.69) is 240 Å². The van der Waals surface area contributed by atoms with Gasteiger partial charge in [-0.25, -0.2) is 0 Å². The third-order valence-corrected chi connectivity index (χ3v) is 11.6. The summed E-state index contributed by atoms with van der Waals surface area (Å²) in [6.07, 6.45) is 0. The van der Waals surface area contributed by atoms with Crippen molar-refractivity contribution >= 4 is 60.4 Å². The average molecular weight is 739 g/mol. The van der Waals surface area contributed by atoms with E-state index in [1.165, 1.54) is 76.7 Å². The number of aromatic nitrogens is 1. The summed E-state index contributed by atoms with van der Waals surface area (Å²) in [7, 11) is 0. The lowest BCUT2D eigenvalue weighted by Crippen LogP contribution is -2.11. The number of anilines is 3. The third-order valence-electron chi connectivity index (χ3n) is 11.6. The molecule has 1 heterocycles. The molecular weight excluding hydrogens is 701 g/mol. The van der Waals surface area contributed by atoms with Crippen LogP contribution in [0, 0.1) is 0 Å². The lowest BCUT2D eigenvalue weighted by Gasteiger charge is -2.28. The van der Waals surface area contributed by atoms with Crippen molar-refractivity contribution in [1.29, 1.82) is 0 Å². The van der Waals surface area contributed by atoms with Gasteiger partial charge >= 0.3 is 0 Å². The summed E-state index contributed by atoms with van der Waals surface area (Å²) in [6, 6.07) is 83.8. The minimum absolute atomic E-state index is 1.09. The molecule has 10 aromatic carbocycles. The Morgan fingerprint density at radius 3 is 1.64 bits per heavy atom. The van der Waals surface area contributed by atoms with Crippen molar-refractivity contribution < 1.29 is 0 Å². The van der Waals surface area contributed by atoms with Gasteiger partial charge in [0.1, 0.15) is 0 Å². The number of hydrogen-bond donors (Lipinski definition) is 0. The molecule has 11 aromatic rings. The Kier molecular flexibility index (Phi) is 8.19. The number of para-hydroxylation sites is 3. The van der Waals surface area contributed by atoms with E-state index in [0.717, 1.165) is 22.7 Å².